The van der Waals surface area contributed by atoms with E-state index in [1.165, 1.54) is 0 Å². The van der Waals surface area contributed by atoms with Gasteiger partial charge in [-0.1, -0.05) is 0 Å². The lowest BCUT2D eigenvalue weighted by molar-refractivity contribution is 0.914. The first-order valence-electron chi connectivity index (χ1n) is 2.68. The molecule has 0 unspecified atom stereocenters. The molecule has 1 aromatic heterocycles. The Labute approximate surface area is 65.8 Å². The maximum atomic E-state index is 6.55. The average Bonchev–Trinajstić information content (AvgIpc) is 2.16. The van der Waals surface area contributed by atoms with Crippen LogP contribution in [-0.2, 0) is 0 Å². The molecule has 0 amide bonds. The van der Waals surface area contributed by atoms with Gasteiger partial charge in [0.25, 0.3) is 17.8 Å². The van der Waals surface area contributed by atoms with Gasteiger partial charge in [0, 0.05) is 0 Å². The van der Waals surface area contributed by atoms with Gasteiger partial charge in [-0.15, -0.1) is 15.3 Å². The maximum absolute atomic E-state index is 6.55. The third-order valence-electron chi connectivity index (χ3n) is 0.900. The fraction of sp³-hybridized carbons (Fsp3) is 0. The molecule has 0 aliphatic rings. The lowest BCUT2D eigenvalue weighted by Gasteiger charge is -1.91. The zero-order valence-corrected chi connectivity index (χ0v) is 5.68. The van der Waals surface area contributed by atoms with Crippen molar-refractivity contribution in [1.82, 2.24) is 15.0 Å². The second-order valence-electron chi connectivity index (χ2n) is 1.57. The largest absolute Gasteiger partial charge is 0.274 e. The van der Waals surface area contributed by atoms with Crippen LogP contribution in [0.15, 0.2) is 15.3 Å². The predicted octanol–water partition coefficient (Wildman–Crippen LogP) is 1.86. The minimum Gasteiger partial charge on any atom is -0.201 e. The molecule has 60 valence electrons. The van der Waals surface area contributed by atoms with E-state index in [2.05, 4.69) is 30.3 Å². The van der Waals surface area contributed by atoms with Crippen molar-refractivity contribution in [3.63, 3.8) is 0 Å². The molecule has 0 aromatic carbocycles. The Kier molecular flexibility index (Phi) is 2.16. The summed E-state index contributed by atoms with van der Waals surface area (Å²) in [5.74, 6) is -0.661. The lowest BCUT2D eigenvalue weighted by atomic mass is 10.8. The highest BCUT2D eigenvalue weighted by Gasteiger charge is 2.02. The van der Waals surface area contributed by atoms with Crippen LogP contribution in [0.25, 0.3) is 0 Å². The van der Waals surface area contributed by atoms with Crippen LogP contribution in [-0.4, -0.2) is 15.0 Å². The average molecular weight is 165 g/mol. The van der Waals surface area contributed by atoms with E-state index in [1.807, 2.05) is 0 Å². The van der Waals surface area contributed by atoms with Crippen molar-refractivity contribution in [2.75, 3.05) is 0 Å². The van der Waals surface area contributed by atoms with Gasteiger partial charge in [-0.3, -0.25) is 0 Å². The Hall–Kier alpha value is -2.19. The Bertz CT molecular complexity index is 264. The molecule has 0 radical (unpaired) electrons. The molecular formula is C3H3N9. The molecule has 1 aromatic rings. The number of hydrogen-bond acceptors (Lipinski definition) is 9. The fourth-order valence-electron chi connectivity index (χ4n) is 0.493. The SMILES string of the molecule is N=Nc1nc(N=N)nc(N=N)n1. The van der Waals surface area contributed by atoms with E-state index in [4.69, 9.17) is 16.6 Å². The first-order chi connectivity index (χ1) is 5.80. The Morgan fingerprint density at radius 2 is 0.917 bits per heavy atom. The van der Waals surface area contributed by atoms with E-state index < -0.39 is 0 Å². The van der Waals surface area contributed by atoms with Gasteiger partial charge in [-0.2, -0.15) is 15.0 Å². The van der Waals surface area contributed by atoms with Gasteiger partial charge in [-0.25, -0.2) is 16.6 Å². The van der Waals surface area contributed by atoms with Gasteiger partial charge in [0.1, 0.15) is 0 Å². The van der Waals surface area contributed by atoms with E-state index in [1.54, 1.807) is 0 Å². The van der Waals surface area contributed by atoms with Crippen molar-refractivity contribution in [3.8, 4) is 0 Å². The summed E-state index contributed by atoms with van der Waals surface area (Å²) >= 11 is 0. The van der Waals surface area contributed by atoms with Crippen molar-refractivity contribution in [2.45, 2.75) is 0 Å². The topological polar surface area (TPSA) is 147 Å². The molecule has 9 nitrogen and oxygen atoms in total. The minimum atomic E-state index is -0.220. The summed E-state index contributed by atoms with van der Waals surface area (Å²) in [7, 11) is 0. The molecule has 1 rings (SSSR count). The highest BCUT2D eigenvalue weighted by molar-refractivity contribution is 5.30. The molecule has 3 N–H and O–H groups in total. The summed E-state index contributed by atoms with van der Waals surface area (Å²) < 4.78 is 0. The number of nitrogens with zero attached hydrogens (tertiary/aromatic N) is 6. The number of aromatic nitrogens is 3. The molecule has 0 saturated heterocycles. The van der Waals surface area contributed by atoms with E-state index in [0.717, 1.165) is 0 Å². The molecule has 0 fully saturated rings. The Morgan fingerprint density at radius 1 is 0.667 bits per heavy atom. The summed E-state index contributed by atoms with van der Waals surface area (Å²) in [6.45, 7) is 0. The summed E-state index contributed by atoms with van der Waals surface area (Å²) in [4.78, 5) is 10.3. The van der Waals surface area contributed by atoms with Crippen LogP contribution in [0.1, 0.15) is 0 Å². The summed E-state index contributed by atoms with van der Waals surface area (Å²) in [6, 6.07) is 0. The van der Waals surface area contributed by atoms with Gasteiger partial charge in [0.2, 0.25) is 0 Å². The van der Waals surface area contributed by atoms with Crippen LogP contribution in [0.2, 0.25) is 0 Å². The van der Waals surface area contributed by atoms with Gasteiger partial charge in [0.05, 0.1) is 0 Å². The molecule has 0 spiro atoms. The highest BCUT2D eigenvalue weighted by atomic mass is 15.3. The lowest BCUT2D eigenvalue weighted by Crippen LogP contribution is -1.85. The first kappa shape index (κ1) is 7.91. The summed E-state index contributed by atoms with van der Waals surface area (Å²) in [6.07, 6.45) is 0. The minimum absolute atomic E-state index is 0.220. The maximum Gasteiger partial charge on any atom is 0.274 e. The zero-order valence-electron chi connectivity index (χ0n) is 5.68. The van der Waals surface area contributed by atoms with E-state index in [0.29, 0.717) is 0 Å². The van der Waals surface area contributed by atoms with Crippen molar-refractivity contribution in [3.05, 3.63) is 0 Å². The fourth-order valence-corrected chi connectivity index (χ4v) is 0.493. The van der Waals surface area contributed by atoms with Crippen LogP contribution in [0.4, 0.5) is 17.8 Å². The van der Waals surface area contributed by atoms with E-state index >= 15 is 0 Å². The zero-order chi connectivity index (χ0) is 8.97. The molecule has 0 atom stereocenters. The molecule has 0 saturated carbocycles. The van der Waals surface area contributed by atoms with Crippen LogP contribution in [0, 0.1) is 16.6 Å². The monoisotopic (exact) mass is 165 g/mol. The number of nitrogens with one attached hydrogen (secondary N) is 3. The van der Waals surface area contributed by atoms with Gasteiger partial charge in [0.15, 0.2) is 0 Å². The van der Waals surface area contributed by atoms with Gasteiger partial charge in [-0.05, 0) is 0 Å². The van der Waals surface area contributed by atoms with Crippen LogP contribution in [0.3, 0.4) is 0 Å². The number of hydrogen-bond donors (Lipinski definition) is 3. The van der Waals surface area contributed by atoms with Gasteiger partial charge < -0.3 is 0 Å². The standard InChI is InChI=1S/C3H3N9/c4-10-1-7-2(11-5)9-3(8-1)12-6/h4-6H. The van der Waals surface area contributed by atoms with Crippen molar-refractivity contribution in [2.24, 2.45) is 15.3 Å². The molecule has 12 heavy (non-hydrogen) atoms. The van der Waals surface area contributed by atoms with Crippen molar-refractivity contribution >= 4 is 17.8 Å². The van der Waals surface area contributed by atoms with Crippen molar-refractivity contribution in [1.29, 1.82) is 16.6 Å². The van der Waals surface area contributed by atoms with Crippen molar-refractivity contribution < 1.29 is 0 Å². The molecule has 0 aliphatic carbocycles. The van der Waals surface area contributed by atoms with Crippen LogP contribution < -0.4 is 0 Å². The quantitative estimate of drug-likeness (QED) is 0.586. The van der Waals surface area contributed by atoms with Crippen LogP contribution >= 0.6 is 0 Å². The van der Waals surface area contributed by atoms with Crippen LogP contribution in [0.5, 0.6) is 0 Å². The molecular weight excluding hydrogens is 162 g/mol. The van der Waals surface area contributed by atoms with E-state index in [-0.39, 0.29) is 17.8 Å². The molecule has 0 aliphatic heterocycles. The third kappa shape index (κ3) is 1.45. The Balaban J connectivity index is 3.26. The normalized spacial score (nSPS) is 9.00. The molecule has 9 heteroatoms. The highest BCUT2D eigenvalue weighted by Crippen LogP contribution is 2.14. The third-order valence-corrected chi connectivity index (χ3v) is 0.900. The smallest absolute Gasteiger partial charge is 0.201 e. The molecule has 0 bridgehead atoms. The second-order valence-corrected chi connectivity index (χ2v) is 1.57. The molecule has 1 heterocycles. The first-order valence-corrected chi connectivity index (χ1v) is 2.68. The second kappa shape index (κ2) is 3.27. The van der Waals surface area contributed by atoms with E-state index in [9.17, 15) is 0 Å². The summed E-state index contributed by atoms with van der Waals surface area (Å²) in [5.41, 5.74) is 19.7. The van der Waals surface area contributed by atoms with Gasteiger partial charge >= 0.3 is 0 Å². The predicted molar refractivity (Wildman–Crippen MR) is 34.3 cm³/mol. The number of rotatable bonds is 3. The summed E-state index contributed by atoms with van der Waals surface area (Å²) in [5, 5.41) is 8.67. The Morgan fingerprint density at radius 3 is 1.08 bits per heavy atom.